The van der Waals surface area contributed by atoms with Crippen LogP contribution >= 0.6 is 0 Å². The second kappa shape index (κ2) is 11.0. The summed E-state index contributed by atoms with van der Waals surface area (Å²) >= 11 is 0. The highest BCUT2D eigenvalue weighted by molar-refractivity contribution is 5.94. The van der Waals surface area contributed by atoms with Crippen molar-refractivity contribution in [3.05, 3.63) is 54.2 Å². The van der Waals surface area contributed by atoms with Crippen LogP contribution in [0.3, 0.4) is 0 Å². The van der Waals surface area contributed by atoms with E-state index in [-0.39, 0.29) is 24.2 Å². The number of carbonyl (C=O) groups is 1. The number of aromatic nitrogens is 2. The first kappa shape index (κ1) is 25.7. The number of carbonyl (C=O) groups excluding carboxylic acids is 1. The van der Waals surface area contributed by atoms with Crippen LogP contribution in [0.4, 0.5) is 5.82 Å². The molecular weight excluding hydrogens is 442 g/mol. The number of fused-ring (bicyclic) bond motifs is 1. The van der Waals surface area contributed by atoms with Gasteiger partial charge >= 0.3 is 0 Å². The maximum absolute atomic E-state index is 12.1. The lowest BCUT2D eigenvalue weighted by Crippen LogP contribution is -2.43. The summed E-state index contributed by atoms with van der Waals surface area (Å²) in [6, 6.07) is 13.0. The van der Waals surface area contributed by atoms with Gasteiger partial charge in [-0.05, 0) is 71.9 Å². The van der Waals surface area contributed by atoms with Crippen molar-refractivity contribution in [2.24, 2.45) is 0 Å². The summed E-state index contributed by atoms with van der Waals surface area (Å²) in [5, 5.41) is 14.5. The number of amides is 1. The molecule has 8 nitrogen and oxygen atoms in total. The molecule has 35 heavy (non-hydrogen) atoms. The van der Waals surface area contributed by atoms with Crippen molar-refractivity contribution >= 4 is 28.8 Å². The highest BCUT2D eigenvalue weighted by atomic mass is 16.5. The topological polar surface area (TPSA) is 109 Å². The largest absolute Gasteiger partial charge is 0.491 e. The minimum absolute atomic E-state index is 0.0324. The van der Waals surface area contributed by atoms with Gasteiger partial charge in [0.2, 0.25) is 0 Å². The number of nitrogens with zero attached hydrogens (tertiary/aromatic N) is 2. The van der Waals surface area contributed by atoms with Crippen molar-refractivity contribution < 1.29 is 14.3 Å². The molecule has 0 atom stereocenters. The molecule has 0 aliphatic rings. The fourth-order valence-electron chi connectivity index (χ4n) is 3.33. The molecule has 1 aromatic heterocycles. The van der Waals surface area contributed by atoms with Crippen LogP contribution in [0.2, 0.25) is 0 Å². The molecule has 184 valence electrons. The van der Waals surface area contributed by atoms with Crippen molar-refractivity contribution in [1.29, 1.82) is 5.41 Å². The molecule has 0 radical (unpaired) electrons. The first-order valence-corrected chi connectivity index (χ1v) is 11.5. The normalized spacial score (nSPS) is 11.9. The van der Waals surface area contributed by atoms with Crippen LogP contribution in [0.1, 0.15) is 41.5 Å². The first-order chi connectivity index (χ1) is 16.6. The molecule has 1 amide bonds. The van der Waals surface area contributed by atoms with Gasteiger partial charge in [0.15, 0.2) is 12.4 Å². The molecule has 3 aromatic rings. The molecule has 1 heterocycles. The van der Waals surface area contributed by atoms with E-state index in [2.05, 4.69) is 10.6 Å². The molecule has 2 aromatic carbocycles. The van der Waals surface area contributed by atoms with Crippen molar-refractivity contribution in [3.63, 3.8) is 0 Å². The highest BCUT2D eigenvalue weighted by Gasteiger charge is 2.15. The van der Waals surface area contributed by atoms with E-state index in [1.807, 2.05) is 71.9 Å². The zero-order valence-corrected chi connectivity index (χ0v) is 21.1. The Bertz CT molecular complexity index is 1250. The summed E-state index contributed by atoms with van der Waals surface area (Å²) in [6.07, 6.45) is 3.07. The molecule has 0 aliphatic heterocycles. The summed E-state index contributed by atoms with van der Waals surface area (Å²) in [6.45, 7) is 11.5. The SMILES string of the molecule is C/C=C(\C=N)Nc1nc(-c2cccc(OCC(=O)NC(C)(C)C)c2)nc2ccc(OC(C)C)cc12. The summed E-state index contributed by atoms with van der Waals surface area (Å²) in [4.78, 5) is 21.6. The fraction of sp³-hybridized carbons (Fsp3) is 0.333. The van der Waals surface area contributed by atoms with Crippen LogP contribution in [0.25, 0.3) is 22.3 Å². The van der Waals surface area contributed by atoms with E-state index in [0.717, 1.165) is 16.5 Å². The van der Waals surface area contributed by atoms with Gasteiger partial charge in [0, 0.05) is 22.7 Å². The van der Waals surface area contributed by atoms with Crippen LogP contribution in [-0.4, -0.2) is 40.3 Å². The lowest BCUT2D eigenvalue weighted by atomic mass is 10.1. The van der Waals surface area contributed by atoms with Gasteiger partial charge in [-0.3, -0.25) is 4.79 Å². The van der Waals surface area contributed by atoms with Gasteiger partial charge in [-0.2, -0.15) is 0 Å². The molecule has 0 unspecified atom stereocenters. The predicted molar refractivity (Wildman–Crippen MR) is 140 cm³/mol. The van der Waals surface area contributed by atoms with Crippen molar-refractivity contribution in [3.8, 4) is 22.9 Å². The molecular formula is C27H33N5O3. The second-order valence-electron chi connectivity index (χ2n) is 9.37. The Kier molecular flexibility index (Phi) is 8.06. The number of allylic oxidation sites excluding steroid dienone is 2. The molecule has 0 saturated carbocycles. The van der Waals surface area contributed by atoms with Gasteiger partial charge in [-0.1, -0.05) is 18.2 Å². The van der Waals surface area contributed by atoms with Gasteiger partial charge in [-0.25, -0.2) is 9.97 Å². The first-order valence-electron chi connectivity index (χ1n) is 11.5. The minimum atomic E-state index is -0.326. The lowest BCUT2D eigenvalue weighted by Gasteiger charge is -2.20. The molecule has 0 bridgehead atoms. The summed E-state index contributed by atoms with van der Waals surface area (Å²) in [5.74, 6) is 2.11. The number of rotatable bonds is 9. The Labute approximate surface area is 206 Å². The molecule has 0 saturated heterocycles. The lowest BCUT2D eigenvalue weighted by molar-refractivity contribution is -0.124. The third-order valence-electron chi connectivity index (χ3n) is 4.74. The summed E-state index contributed by atoms with van der Waals surface area (Å²) in [7, 11) is 0. The van der Waals surface area contributed by atoms with Gasteiger partial charge < -0.3 is 25.5 Å². The van der Waals surface area contributed by atoms with Crippen molar-refractivity contribution in [1.82, 2.24) is 15.3 Å². The molecule has 0 fully saturated rings. The van der Waals surface area contributed by atoms with Crippen LogP contribution in [-0.2, 0) is 4.79 Å². The molecule has 8 heteroatoms. The summed E-state index contributed by atoms with van der Waals surface area (Å²) in [5.41, 5.74) is 1.74. The van der Waals surface area contributed by atoms with Gasteiger partial charge in [-0.15, -0.1) is 0 Å². The monoisotopic (exact) mass is 475 g/mol. The minimum Gasteiger partial charge on any atom is -0.491 e. The zero-order valence-electron chi connectivity index (χ0n) is 21.1. The van der Waals surface area contributed by atoms with Crippen LogP contribution in [0.15, 0.2) is 54.2 Å². The zero-order chi connectivity index (χ0) is 25.6. The quantitative estimate of drug-likeness (QED) is 0.360. The van der Waals surface area contributed by atoms with E-state index < -0.39 is 0 Å². The van der Waals surface area contributed by atoms with Gasteiger partial charge in [0.1, 0.15) is 17.3 Å². The Morgan fingerprint density at radius 2 is 1.89 bits per heavy atom. The Balaban J connectivity index is 1.97. The second-order valence-corrected chi connectivity index (χ2v) is 9.37. The van der Waals surface area contributed by atoms with Crippen LogP contribution in [0, 0.1) is 5.41 Å². The van der Waals surface area contributed by atoms with Crippen LogP contribution < -0.4 is 20.1 Å². The van der Waals surface area contributed by atoms with Crippen molar-refractivity contribution in [2.45, 2.75) is 53.2 Å². The Hall–Kier alpha value is -3.94. The van der Waals surface area contributed by atoms with E-state index in [0.29, 0.717) is 28.8 Å². The number of benzene rings is 2. The number of nitrogens with one attached hydrogen (secondary N) is 3. The Morgan fingerprint density at radius 1 is 1.11 bits per heavy atom. The standard InChI is InChI=1S/C27H33N5O3/c1-7-19(15-28)29-26-22-14-21(35-17(2)3)11-12-23(22)30-25(31-26)18-9-8-10-20(13-18)34-16-24(33)32-27(4,5)6/h7-15,17,28H,16H2,1-6H3,(H,32,33)(H,29,30,31)/b19-7+,28-15?. The van der Waals surface area contributed by atoms with E-state index in [1.54, 1.807) is 18.2 Å². The van der Waals surface area contributed by atoms with Crippen LogP contribution in [0.5, 0.6) is 11.5 Å². The molecule has 0 aliphatic carbocycles. The van der Waals surface area contributed by atoms with E-state index in [1.165, 1.54) is 6.21 Å². The maximum atomic E-state index is 12.1. The summed E-state index contributed by atoms with van der Waals surface area (Å²) < 4.78 is 11.6. The van der Waals surface area contributed by atoms with Gasteiger partial charge in [0.05, 0.1) is 17.3 Å². The highest BCUT2D eigenvalue weighted by Crippen LogP contribution is 2.30. The third-order valence-corrected chi connectivity index (χ3v) is 4.74. The molecule has 3 N–H and O–H groups in total. The smallest absolute Gasteiger partial charge is 0.258 e. The Morgan fingerprint density at radius 3 is 2.54 bits per heavy atom. The molecule has 0 spiro atoms. The maximum Gasteiger partial charge on any atom is 0.258 e. The number of hydrogen-bond donors (Lipinski definition) is 3. The van der Waals surface area contributed by atoms with Gasteiger partial charge in [0.25, 0.3) is 5.91 Å². The van der Waals surface area contributed by atoms with Crippen molar-refractivity contribution in [2.75, 3.05) is 11.9 Å². The van der Waals surface area contributed by atoms with E-state index in [4.69, 9.17) is 24.9 Å². The third kappa shape index (κ3) is 7.27. The molecule has 3 rings (SSSR count). The number of hydrogen-bond acceptors (Lipinski definition) is 7. The van der Waals surface area contributed by atoms with E-state index >= 15 is 0 Å². The number of ether oxygens (including phenoxy) is 2. The number of anilines is 1. The average Bonchev–Trinajstić information content (AvgIpc) is 2.80. The average molecular weight is 476 g/mol. The fourth-order valence-corrected chi connectivity index (χ4v) is 3.33. The van der Waals surface area contributed by atoms with E-state index in [9.17, 15) is 4.79 Å². The predicted octanol–water partition coefficient (Wildman–Crippen LogP) is 5.34.